The van der Waals surface area contributed by atoms with Crippen molar-refractivity contribution in [1.82, 2.24) is 10.3 Å². The Labute approximate surface area is 117 Å². The second-order valence-corrected chi connectivity index (χ2v) is 5.38. The minimum Gasteiger partial charge on any atom is -0.305 e. The maximum absolute atomic E-state index is 6.26. The zero-order valence-electron chi connectivity index (χ0n) is 10.6. The van der Waals surface area contributed by atoms with Crippen LogP contribution < -0.4 is 5.32 Å². The first-order chi connectivity index (χ1) is 8.77. The third-order valence-electron chi connectivity index (χ3n) is 2.90. The third-order valence-corrected chi connectivity index (χ3v) is 4.32. The Morgan fingerprint density at radius 1 is 1.39 bits per heavy atom. The number of rotatable bonds is 5. The number of thiophene rings is 1. The summed E-state index contributed by atoms with van der Waals surface area (Å²) in [5.74, 6) is 0. The van der Waals surface area contributed by atoms with Crippen molar-refractivity contribution >= 4 is 22.9 Å². The molecule has 0 saturated carbocycles. The SMILES string of the molecule is CCNC(c1ncccc1CC)c1sccc1Cl. The van der Waals surface area contributed by atoms with E-state index < -0.39 is 0 Å². The molecule has 0 aliphatic carbocycles. The van der Waals surface area contributed by atoms with Crippen LogP contribution in [0.4, 0.5) is 0 Å². The molecule has 0 aliphatic rings. The molecule has 0 saturated heterocycles. The smallest absolute Gasteiger partial charge is 0.0862 e. The summed E-state index contributed by atoms with van der Waals surface area (Å²) in [5.41, 5.74) is 2.36. The summed E-state index contributed by atoms with van der Waals surface area (Å²) in [7, 11) is 0. The van der Waals surface area contributed by atoms with Gasteiger partial charge in [-0.3, -0.25) is 4.98 Å². The molecule has 0 amide bonds. The molecule has 2 aromatic rings. The lowest BCUT2D eigenvalue weighted by molar-refractivity contribution is 0.618. The zero-order chi connectivity index (χ0) is 13.0. The van der Waals surface area contributed by atoms with Crippen LogP contribution in [0.5, 0.6) is 0 Å². The standard InChI is InChI=1S/C14H17ClN2S/c1-3-10-6-5-8-17-12(10)13(16-4-2)14-11(15)7-9-18-14/h5-9,13,16H,3-4H2,1-2H3. The molecule has 0 aromatic carbocycles. The minimum atomic E-state index is 0.0960. The summed E-state index contributed by atoms with van der Waals surface area (Å²) in [4.78, 5) is 5.70. The summed E-state index contributed by atoms with van der Waals surface area (Å²) in [6, 6.07) is 6.16. The van der Waals surface area contributed by atoms with E-state index in [0.717, 1.165) is 28.6 Å². The van der Waals surface area contributed by atoms with Crippen LogP contribution in [0.15, 0.2) is 29.8 Å². The summed E-state index contributed by atoms with van der Waals surface area (Å²) in [5, 5.41) is 6.32. The molecule has 1 unspecified atom stereocenters. The predicted octanol–water partition coefficient (Wildman–Crippen LogP) is 4.06. The molecule has 2 aromatic heterocycles. The molecular weight excluding hydrogens is 264 g/mol. The Morgan fingerprint density at radius 3 is 2.83 bits per heavy atom. The number of hydrogen-bond acceptors (Lipinski definition) is 3. The summed E-state index contributed by atoms with van der Waals surface area (Å²) in [6.45, 7) is 5.14. The van der Waals surface area contributed by atoms with Crippen molar-refractivity contribution in [3.63, 3.8) is 0 Å². The highest BCUT2D eigenvalue weighted by molar-refractivity contribution is 7.10. The molecule has 0 radical (unpaired) electrons. The molecule has 0 fully saturated rings. The molecule has 2 nitrogen and oxygen atoms in total. The lowest BCUT2D eigenvalue weighted by Gasteiger charge is -2.19. The van der Waals surface area contributed by atoms with Crippen LogP contribution in [0.25, 0.3) is 0 Å². The van der Waals surface area contributed by atoms with E-state index in [4.69, 9.17) is 11.6 Å². The predicted molar refractivity (Wildman–Crippen MR) is 78.5 cm³/mol. The Bertz CT molecular complexity index is 510. The second kappa shape index (κ2) is 6.32. The van der Waals surface area contributed by atoms with E-state index in [1.54, 1.807) is 11.3 Å². The number of nitrogens with one attached hydrogen (secondary N) is 1. The number of halogens is 1. The van der Waals surface area contributed by atoms with Crippen molar-refractivity contribution in [3.8, 4) is 0 Å². The number of nitrogens with zero attached hydrogens (tertiary/aromatic N) is 1. The largest absolute Gasteiger partial charge is 0.305 e. The highest BCUT2D eigenvalue weighted by Gasteiger charge is 2.20. The molecule has 1 N–H and O–H groups in total. The van der Waals surface area contributed by atoms with Gasteiger partial charge < -0.3 is 5.32 Å². The van der Waals surface area contributed by atoms with Crippen molar-refractivity contribution < 1.29 is 0 Å². The van der Waals surface area contributed by atoms with Gasteiger partial charge in [0.25, 0.3) is 0 Å². The molecule has 0 spiro atoms. The van der Waals surface area contributed by atoms with E-state index in [0.29, 0.717) is 0 Å². The highest BCUT2D eigenvalue weighted by atomic mass is 35.5. The van der Waals surface area contributed by atoms with Gasteiger partial charge in [-0.2, -0.15) is 0 Å². The van der Waals surface area contributed by atoms with Crippen LogP contribution in [-0.4, -0.2) is 11.5 Å². The number of aryl methyl sites for hydroxylation is 1. The fraction of sp³-hybridized carbons (Fsp3) is 0.357. The van der Waals surface area contributed by atoms with Crippen LogP contribution in [-0.2, 0) is 6.42 Å². The van der Waals surface area contributed by atoms with Gasteiger partial charge in [-0.15, -0.1) is 11.3 Å². The monoisotopic (exact) mass is 280 g/mol. The van der Waals surface area contributed by atoms with E-state index in [1.807, 2.05) is 23.7 Å². The van der Waals surface area contributed by atoms with Gasteiger partial charge in [0.15, 0.2) is 0 Å². The quantitative estimate of drug-likeness (QED) is 0.893. The van der Waals surface area contributed by atoms with E-state index in [1.165, 1.54) is 5.56 Å². The number of pyridine rings is 1. The van der Waals surface area contributed by atoms with Gasteiger partial charge in [0.05, 0.1) is 16.8 Å². The van der Waals surface area contributed by atoms with Gasteiger partial charge in [-0.05, 0) is 36.0 Å². The van der Waals surface area contributed by atoms with Crippen LogP contribution in [0.1, 0.15) is 36.0 Å². The van der Waals surface area contributed by atoms with Crippen molar-refractivity contribution in [2.45, 2.75) is 26.3 Å². The molecule has 2 heterocycles. The van der Waals surface area contributed by atoms with Crippen LogP contribution in [0.2, 0.25) is 5.02 Å². The van der Waals surface area contributed by atoms with Crippen molar-refractivity contribution in [2.24, 2.45) is 0 Å². The van der Waals surface area contributed by atoms with E-state index in [9.17, 15) is 0 Å². The van der Waals surface area contributed by atoms with Crippen molar-refractivity contribution in [3.05, 3.63) is 50.9 Å². The van der Waals surface area contributed by atoms with E-state index >= 15 is 0 Å². The molecular formula is C14H17ClN2S. The zero-order valence-corrected chi connectivity index (χ0v) is 12.2. The third kappa shape index (κ3) is 2.74. The highest BCUT2D eigenvalue weighted by Crippen LogP contribution is 2.33. The molecule has 0 aliphatic heterocycles. The second-order valence-electron chi connectivity index (χ2n) is 4.02. The van der Waals surface area contributed by atoms with Gasteiger partial charge in [0.2, 0.25) is 0 Å². The average Bonchev–Trinajstić information content (AvgIpc) is 2.82. The average molecular weight is 281 g/mol. The van der Waals surface area contributed by atoms with Gasteiger partial charge in [0.1, 0.15) is 0 Å². The normalized spacial score (nSPS) is 12.6. The first-order valence-corrected chi connectivity index (χ1v) is 7.43. The van der Waals surface area contributed by atoms with Gasteiger partial charge in [0, 0.05) is 11.1 Å². The Balaban J connectivity index is 2.45. The van der Waals surface area contributed by atoms with E-state index in [2.05, 4.69) is 30.2 Å². The molecule has 0 bridgehead atoms. The van der Waals surface area contributed by atoms with Gasteiger partial charge in [-0.25, -0.2) is 0 Å². The van der Waals surface area contributed by atoms with Crippen molar-refractivity contribution in [2.75, 3.05) is 6.54 Å². The minimum absolute atomic E-state index is 0.0960. The summed E-state index contributed by atoms with van der Waals surface area (Å²) in [6.07, 6.45) is 2.83. The van der Waals surface area contributed by atoms with Crippen LogP contribution >= 0.6 is 22.9 Å². The molecule has 2 rings (SSSR count). The molecule has 96 valence electrons. The topological polar surface area (TPSA) is 24.9 Å². The lowest BCUT2D eigenvalue weighted by Crippen LogP contribution is -2.23. The molecule has 1 atom stereocenters. The van der Waals surface area contributed by atoms with Crippen LogP contribution in [0, 0.1) is 0 Å². The maximum atomic E-state index is 6.26. The number of aromatic nitrogens is 1. The summed E-state index contributed by atoms with van der Waals surface area (Å²) >= 11 is 7.94. The van der Waals surface area contributed by atoms with Crippen LogP contribution in [0.3, 0.4) is 0 Å². The maximum Gasteiger partial charge on any atom is 0.0862 e. The Hall–Kier alpha value is -0.900. The molecule has 4 heteroatoms. The Morgan fingerprint density at radius 2 is 2.22 bits per heavy atom. The van der Waals surface area contributed by atoms with E-state index in [-0.39, 0.29) is 6.04 Å². The first-order valence-electron chi connectivity index (χ1n) is 6.18. The van der Waals surface area contributed by atoms with Gasteiger partial charge in [-0.1, -0.05) is 31.5 Å². The lowest BCUT2D eigenvalue weighted by atomic mass is 10.0. The summed E-state index contributed by atoms with van der Waals surface area (Å²) < 4.78 is 0. The fourth-order valence-electron chi connectivity index (χ4n) is 2.04. The number of hydrogen-bond donors (Lipinski definition) is 1. The van der Waals surface area contributed by atoms with Crippen molar-refractivity contribution in [1.29, 1.82) is 0 Å². The van der Waals surface area contributed by atoms with Gasteiger partial charge >= 0.3 is 0 Å². The fourth-order valence-corrected chi connectivity index (χ4v) is 3.28. The molecule has 18 heavy (non-hydrogen) atoms. The Kier molecular flexibility index (Phi) is 4.75. The first kappa shape index (κ1) is 13.5.